The van der Waals surface area contributed by atoms with Crippen LogP contribution in [0.2, 0.25) is 0 Å². The van der Waals surface area contributed by atoms with E-state index in [4.69, 9.17) is 9.47 Å². The fourth-order valence-corrected chi connectivity index (χ4v) is 3.05. The molecule has 0 saturated heterocycles. The van der Waals surface area contributed by atoms with Crippen LogP contribution in [0, 0.1) is 13.8 Å². The zero-order valence-electron chi connectivity index (χ0n) is 19.1. The predicted molar refractivity (Wildman–Crippen MR) is 129 cm³/mol. The number of hydrogen-bond acceptors (Lipinski definition) is 5. The lowest BCUT2D eigenvalue weighted by molar-refractivity contribution is -0.136. The average molecular weight is 446 g/mol. The summed E-state index contributed by atoms with van der Waals surface area (Å²) in [6, 6.07) is 20.8. The van der Waals surface area contributed by atoms with Crippen LogP contribution in [-0.4, -0.2) is 24.6 Å². The Morgan fingerprint density at radius 3 is 2.39 bits per heavy atom. The number of nitrogens with one attached hydrogen (secondary N) is 2. The van der Waals surface area contributed by atoms with Crippen molar-refractivity contribution in [1.29, 1.82) is 0 Å². The first-order valence-corrected chi connectivity index (χ1v) is 10.5. The Bertz CT molecular complexity index is 1170. The van der Waals surface area contributed by atoms with Gasteiger partial charge in [-0.3, -0.25) is 9.59 Å². The monoisotopic (exact) mass is 445 g/mol. The smallest absolute Gasteiger partial charge is 0.329 e. The van der Waals surface area contributed by atoms with E-state index in [-0.39, 0.29) is 0 Å². The van der Waals surface area contributed by atoms with Gasteiger partial charge < -0.3 is 14.8 Å². The number of ether oxygens (including phenoxy) is 2. The summed E-state index contributed by atoms with van der Waals surface area (Å²) in [7, 11) is 1.56. The van der Waals surface area contributed by atoms with Gasteiger partial charge in [0.05, 0.1) is 12.8 Å². The predicted octanol–water partition coefficient (Wildman–Crippen LogP) is 4.37. The van der Waals surface area contributed by atoms with E-state index >= 15 is 0 Å². The number of carbonyl (C=O) groups is 2. The van der Waals surface area contributed by atoms with E-state index in [1.54, 1.807) is 26.2 Å². The minimum absolute atomic E-state index is 0.412. The maximum atomic E-state index is 12.2. The molecular weight excluding hydrogens is 418 g/mol. The Labute approximate surface area is 193 Å². The molecule has 7 nitrogen and oxygen atoms in total. The lowest BCUT2D eigenvalue weighted by atomic mass is 10.1. The molecular formula is C26H27N3O4. The summed E-state index contributed by atoms with van der Waals surface area (Å²) in [5, 5.41) is 6.67. The topological polar surface area (TPSA) is 89.0 Å². The van der Waals surface area contributed by atoms with Crippen LogP contribution < -0.4 is 20.2 Å². The summed E-state index contributed by atoms with van der Waals surface area (Å²) >= 11 is 0. The third kappa shape index (κ3) is 6.43. The van der Waals surface area contributed by atoms with Crippen LogP contribution in [0.4, 0.5) is 5.69 Å². The molecule has 0 aliphatic rings. The molecule has 0 aromatic heterocycles. The van der Waals surface area contributed by atoms with Crippen molar-refractivity contribution >= 4 is 23.2 Å². The van der Waals surface area contributed by atoms with Crippen LogP contribution in [0.15, 0.2) is 71.8 Å². The molecule has 0 heterocycles. The van der Waals surface area contributed by atoms with E-state index in [9.17, 15) is 9.59 Å². The summed E-state index contributed by atoms with van der Waals surface area (Å²) in [5.74, 6) is -0.514. The number of hydrazone groups is 1. The van der Waals surface area contributed by atoms with Gasteiger partial charge in [0.15, 0.2) is 11.5 Å². The molecule has 0 radical (unpaired) electrons. The van der Waals surface area contributed by atoms with Crippen LogP contribution in [0.5, 0.6) is 11.5 Å². The number of nitrogens with zero attached hydrogens (tertiary/aromatic N) is 1. The van der Waals surface area contributed by atoms with Gasteiger partial charge >= 0.3 is 11.8 Å². The quantitative estimate of drug-likeness (QED) is 0.321. The number of benzene rings is 3. The Morgan fingerprint density at radius 2 is 1.67 bits per heavy atom. The van der Waals surface area contributed by atoms with Gasteiger partial charge in [0.1, 0.15) is 6.61 Å². The lowest BCUT2D eigenvalue weighted by Gasteiger charge is -2.12. The van der Waals surface area contributed by atoms with Crippen molar-refractivity contribution in [3.05, 3.63) is 89.0 Å². The number of aryl methyl sites for hydroxylation is 2. The molecule has 3 rings (SSSR count). The van der Waals surface area contributed by atoms with E-state index in [1.807, 2.05) is 68.4 Å². The van der Waals surface area contributed by atoms with E-state index < -0.39 is 11.8 Å². The highest BCUT2D eigenvalue weighted by Gasteiger charge is 2.15. The molecule has 3 aromatic carbocycles. The maximum Gasteiger partial charge on any atom is 0.329 e. The van der Waals surface area contributed by atoms with Crippen LogP contribution in [-0.2, 0) is 16.2 Å². The minimum atomic E-state index is -0.856. The van der Waals surface area contributed by atoms with Crippen LogP contribution in [0.25, 0.3) is 0 Å². The molecule has 0 bridgehead atoms. The highest BCUT2D eigenvalue weighted by molar-refractivity contribution is 6.39. The minimum Gasteiger partial charge on any atom is -0.493 e. The first kappa shape index (κ1) is 23.5. The summed E-state index contributed by atoms with van der Waals surface area (Å²) in [5.41, 5.74) is 7.01. The zero-order chi connectivity index (χ0) is 23.8. The lowest BCUT2D eigenvalue weighted by Crippen LogP contribution is -2.33. The molecule has 170 valence electrons. The Kier molecular flexibility index (Phi) is 7.81. The third-order valence-corrected chi connectivity index (χ3v) is 4.99. The second kappa shape index (κ2) is 10.9. The molecule has 0 atom stereocenters. The average Bonchev–Trinajstić information content (AvgIpc) is 2.83. The maximum absolute atomic E-state index is 12.2. The van der Waals surface area contributed by atoms with Gasteiger partial charge in [0.2, 0.25) is 0 Å². The fraction of sp³-hybridized carbons (Fsp3) is 0.192. The number of rotatable bonds is 7. The number of methoxy groups -OCH3 is 1. The molecule has 0 aliphatic heterocycles. The van der Waals surface area contributed by atoms with Crippen molar-refractivity contribution in [1.82, 2.24) is 5.43 Å². The molecule has 0 spiro atoms. The first-order valence-electron chi connectivity index (χ1n) is 10.5. The molecule has 0 fully saturated rings. The molecule has 3 aromatic rings. The second-order valence-corrected chi connectivity index (χ2v) is 7.55. The van der Waals surface area contributed by atoms with Crippen LogP contribution in [0.1, 0.15) is 29.2 Å². The van der Waals surface area contributed by atoms with E-state index in [2.05, 4.69) is 15.8 Å². The van der Waals surface area contributed by atoms with Crippen molar-refractivity contribution in [3.8, 4) is 11.5 Å². The van der Waals surface area contributed by atoms with E-state index in [0.29, 0.717) is 35.1 Å². The molecule has 2 amide bonds. The van der Waals surface area contributed by atoms with Crippen LogP contribution in [0.3, 0.4) is 0 Å². The van der Waals surface area contributed by atoms with Gasteiger partial charge in [0.25, 0.3) is 0 Å². The van der Waals surface area contributed by atoms with Gasteiger partial charge in [-0.2, -0.15) is 5.10 Å². The Balaban J connectivity index is 1.63. The fourth-order valence-electron chi connectivity index (χ4n) is 3.05. The van der Waals surface area contributed by atoms with Gasteiger partial charge in [-0.1, -0.05) is 42.5 Å². The summed E-state index contributed by atoms with van der Waals surface area (Å²) in [6.45, 7) is 5.91. The van der Waals surface area contributed by atoms with E-state index in [0.717, 1.165) is 16.7 Å². The van der Waals surface area contributed by atoms with Crippen molar-refractivity contribution < 1.29 is 19.1 Å². The van der Waals surface area contributed by atoms with Crippen molar-refractivity contribution in [2.24, 2.45) is 5.10 Å². The van der Waals surface area contributed by atoms with Gasteiger partial charge in [-0.25, -0.2) is 5.43 Å². The van der Waals surface area contributed by atoms with Crippen molar-refractivity contribution in [2.45, 2.75) is 27.4 Å². The Hall–Kier alpha value is -4.13. The molecule has 33 heavy (non-hydrogen) atoms. The Morgan fingerprint density at radius 1 is 0.909 bits per heavy atom. The van der Waals surface area contributed by atoms with Gasteiger partial charge in [-0.15, -0.1) is 0 Å². The van der Waals surface area contributed by atoms with Crippen molar-refractivity contribution in [3.63, 3.8) is 0 Å². The summed E-state index contributed by atoms with van der Waals surface area (Å²) in [4.78, 5) is 24.4. The summed E-state index contributed by atoms with van der Waals surface area (Å²) in [6.07, 6.45) is 0. The zero-order valence-corrected chi connectivity index (χ0v) is 19.1. The molecule has 0 unspecified atom stereocenters. The largest absolute Gasteiger partial charge is 0.493 e. The van der Waals surface area contributed by atoms with Gasteiger partial charge in [0, 0.05) is 11.3 Å². The van der Waals surface area contributed by atoms with Crippen LogP contribution >= 0.6 is 0 Å². The third-order valence-electron chi connectivity index (χ3n) is 4.99. The standard InChI is InChI=1S/C26H27N3O4/c1-17-10-11-18(2)22(14-17)27-25(30)26(31)29-28-19(3)21-12-13-23(24(15-21)32-4)33-16-20-8-6-5-7-9-20/h5-15H,16H2,1-4H3,(H,27,30)(H,29,31). The first-order chi connectivity index (χ1) is 15.9. The van der Waals surface area contributed by atoms with Crippen molar-refractivity contribution in [2.75, 3.05) is 12.4 Å². The number of carbonyl (C=O) groups excluding carboxylic acids is 2. The molecule has 0 aliphatic carbocycles. The number of amides is 2. The highest BCUT2D eigenvalue weighted by Crippen LogP contribution is 2.29. The van der Waals surface area contributed by atoms with Gasteiger partial charge in [-0.05, 0) is 61.7 Å². The molecule has 7 heteroatoms. The number of hydrogen-bond donors (Lipinski definition) is 2. The highest BCUT2D eigenvalue weighted by atomic mass is 16.5. The summed E-state index contributed by atoms with van der Waals surface area (Å²) < 4.78 is 11.3. The molecule has 2 N–H and O–H groups in total. The van der Waals surface area contributed by atoms with E-state index in [1.165, 1.54) is 0 Å². The SMILES string of the molecule is COc1cc(C(C)=NNC(=O)C(=O)Nc2cc(C)ccc2C)ccc1OCc1ccccc1. The molecule has 0 saturated carbocycles. The normalized spacial score (nSPS) is 11.0. The number of anilines is 1. The second-order valence-electron chi connectivity index (χ2n) is 7.55.